The minimum absolute atomic E-state index is 0.0615. The van der Waals surface area contributed by atoms with E-state index in [-0.39, 0.29) is 17.9 Å². The van der Waals surface area contributed by atoms with Crippen molar-refractivity contribution in [1.82, 2.24) is 0 Å². The second kappa shape index (κ2) is 8.43. The second-order valence-corrected chi connectivity index (χ2v) is 14.3. The van der Waals surface area contributed by atoms with Gasteiger partial charge in [-0.2, -0.15) is 0 Å². The minimum atomic E-state index is -0.525. The molecule has 6 rings (SSSR count). The molecule has 4 aliphatic carbocycles. The fourth-order valence-corrected chi connectivity index (χ4v) is 10.6. The van der Waals surface area contributed by atoms with Gasteiger partial charge in [-0.3, -0.25) is 4.79 Å². The van der Waals surface area contributed by atoms with Gasteiger partial charge in [0.2, 0.25) is 0 Å². The molecule has 13 atom stereocenters. The SMILES string of the molecule is CC(N)C(=O)O[C@H]1CC[C@@]2(C)C(CCC3C2CC[C@@]2(C)C3CC3O[C@]4(CC[C@@H](C)CO4)[C@@H](C)C32)C1. The molecule has 2 N–H and O–H groups in total. The number of hydrogen-bond acceptors (Lipinski definition) is 5. The van der Waals surface area contributed by atoms with Crippen LogP contribution in [0.2, 0.25) is 0 Å². The van der Waals surface area contributed by atoms with E-state index in [4.69, 9.17) is 19.9 Å². The summed E-state index contributed by atoms with van der Waals surface area (Å²) in [5, 5.41) is 0. The summed E-state index contributed by atoms with van der Waals surface area (Å²) in [5.41, 5.74) is 6.54. The van der Waals surface area contributed by atoms with Crippen LogP contribution in [0.3, 0.4) is 0 Å². The fourth-order valence-electron chi connectivity index (χ4n) is 10.6. The van der Waals surface area contributed by atoms with Crippen LogP contribution < -0.4 is 5.73 Å². The van der Waals surface area contributed by atoms with Crippen molar-refractivity contribution in [2.24, 2.45) is 58.0 Å². The Kier molecular flexibility index (Phi) is 5.94. The Hall–Kier alpha value is -0.650. The van der Waals surface area contributed by atoms with Crippen LogP contribution in [0.15, 0.2) is 0 Å². The van der Waals surface area contributed by atoms with E-state index in [1.807, 2.05) is 0 Å². The maximum absolute atomic E-state index is 12.1. The van der Waals surface area contributed by atoms with E-state index in [9.17, 15) is 4.79 Å². The van der Waals surface area contributed by atoms with E-state index in [0.29, 0.717) is 40.6 Å². The summed E-state index contributed by atoms with van der Waals surface area (Å²) in [6.45, 7) is 12.5. The average Bonchev–Trinajstić information content (AvgIpc) is 3.26. The molecule has 0 aromatic carbocycles. The molecule has 0 bridgehead atoms. The van der Waals surface area contributed by atoms with Crippen molar-refractivity contribution < 1.29 is 19.0 Å². The highest BCUT2D eigenvalue weighted by Crippen LogP contribution is 2.71. The van der Waals surface area contributed by atoms with Crippen LogP contribution in [0.1, 0.15) is 98.8 Å². The average molecular weight is 488 g/mol. The summed E-state index contributed by atoms with van der Waals surface area (Å²) >= 11 is 0. The quantitative estimate of drug-likeness (QED) is 0.507. The first-order chi connectivity index (χ1) is 16.6. The number of nitrogens with two attached hydrogens (primary N) is 1. The predicted octanol–water partition coefficient (Wildman–Crippen LogP) is 5.69. The third-order valence-corrected chi connectivity index (χ3v) is 12.5. The van der Waals surface area contributed by atoms with Gasteiger partial charge in [0.05, 0.1) is 12.7 Å². The third-order valence-electron chi connectivity index (χ3n) is 12.5. The van der Waals surface area contributed by atoms with Gasteiger partial charge in [-0.15, -0.1) is 0 Å². The van der Waals surface area contributed by atoms with Gasteiger partial charge in [-0.05, 0) is 111 Å². The topological polar surface area (TPSA) is 70.8 Å². The van der Waals surface area contributed by atoms with Crippen molar-refractivity contribution in [3.05, 3.63) is 0 Å². The highest BCUT2D eigenvalue weighted by Gasteiger charge is 2.69. The molecule has 2 aliphatic heterocycles. The summed E-state index contributed by atoms with van der Waals surface area (Å²) in [6.07, 6.45) is 12.5. The van der Waals surface area contributed by atoms with Gasteiger partial charge >= 0.3 is 5.97 Å². The normalized spacial score (nSPS) is 56.0. The molecule has 6 aliphatic rings. The first-order valence-corrected chi connectivity index (χ1v) is 14.9. The molecular formula is C30H49NO4. The number of carbonyl (C=O) groups is 1. The summed E-state index contributed by atoms with van der Waals surface area (Å²) in [4.78, 5) is 12.1. The molecule has 5 nitrogen and oxygen atoms in total. The largest absolute Gasteiger partial charge is 0.461 e. The van der Waals surface area contributed by atoms with Gasteiger partial charge in [0.1, 0.15) is 12.1 Å². The smallest absolute Gasteiger partial charge is 0.322 e. The molecule has 198 valence electrons. The predicted molar refractivity (Wildman–Crippen MR) is 135 cm³/mol. The zero-order chi connectivity index (χ0) is 24.8. The van der Waals surface area contributed by atoms with Gasteiger partial charge in [-0.25, -0.2) is 0 Å². The van der Waals surface area contributed by atoms with Crippen LogP contribution >= 0.6 is 0 Å². The van der Waals surface area contributed by atoms with E-state index < -0.39 is 6.04 Å². The Morgan fingerprint density at radius 3 is 2.46 bits per heavy atom. The maximum atomic E-state index is 12.1. The minimum Gasteiger partial charge on any atom is -0.461 e. The van der Waals surface area contributed by atoms with E-state index in [1.54, 1.807) is 6.92 Å². The lowest BCUT2D eigenvalue weighted by molar-refractivity contribution is -0.273. The molecule has 0 aromatic heterocycles. The lowest BCUT2D eigenvalue weighted by Crippen LogP contribution is -2.55. The summed E-state index contributed by atoms with van der Waals surface area (Å²) in [5.74, 6) is 4.32. The Morgan fingerprint density at radius 2 is 1.74 bits per heavy atom. The molecular weight excluding hydrogens is 438 g/mol. The van der Waals surface area contributed by atoms with Crippen molar-refractivity contribution in [2.75, 3.05) is 6.61 Å². The number of rotatable bonds is 2. The Labute approximate surface area is 212 Å². The molecule has 0 amide bonds. The molecule has 4 saturated carbocycles. The molecule has 2 heterocycles. The van der Waals surface area contributed by atoms with Crippen LogP contribution in [-0.2, 0) is 19.0 Å². The number of hydrogen-bond donors (Lipinski definition) is 1. The van der Waals surface area contributed by atoms with Crippen molar-refractivity contribution in [3.63, 3.8) is 0 Å². The van der Waals surface area contributed by atoms with E-state index in [2.05, 4.69) is 27.7 Å². The van der Waals surface area contributed by atoms with Crippen molar-refractivity contribution >= 4 is 5.97 Å². The van der Waals surface area contributed by atoms with Crippen LogP contribution in [-0.4, -0.2) is 36.6 Å². The van der Waals surface area contributed by atoms with E-state index in [1.165, 1.54) is 44.9 Å². The second-order valence-electron chi connectivity index (χ2n) is 14.3. The lowest BCUT2D eigenvalue weighted by Gasteiger charge is -2.61. The lowest BCUT2D eigenvalue weighted by atomic mass is 9.44. The van der Waals surface area contributed by atoms with Crippen molar-refractivity contribution in [1.29, 1.82) is 0 Å². The van der Waals surface area contributed by atoms with Crippen LogP contribution in [0.25, 0.3) is 0 Å². The Balaban J connectivity index is 1.18. The Morgan fingerprint density at radius 1 is 0.971 bits per heavy atom. The summed E-state index contributed by atoms with van der Waals surface area (Å²) < 4.78 is 19.2. The van der Waals surface area contributed by atoms with E-state index >= 15 is 0 Å². The monoisotopic (exact) mass is 487 g/mol. The molecule has 0 radical (unpaired) electrons. The van der Waals surface area contributed by atoms with Crippen molar-refractivity contribution in [3.8, 4) is 0 Å². The zero-order valence-electron chi connectivity index (χ0n) is 22.8. The van der Waals surface area contributed by atoms with Gasteiger partial charge in [0.25, 0.3) is 0 Å². The molecule has 0 aromatic rings. The first kappa shape index (κ1) is 24.7. The standard InChI is InChI=1S/C30H49NO4/c1-17-8-13-30(33-16-17)18(2)26-25(35-30)15-24-22-7-6-20-14-21(34-27(32)19(3)31)9-11-28(20,4)23(22)10-12-29(24,26)5/h17-26H,6-16,31H2,1-5H3/t17-,18+,19?,20?,21+,22?,23?,24?,25?,26?,28+,29+,30-/m1/s1. The highest BCUT2D eigenvalue weighted by atomic mass is 16.7. The highest BCUT2D eigenvalue weighted by molar-refractivity contribution is 5.75. The molecule has 1 spiro atoms. The van der Waals surface area contributed by atoms with Gasteiger partial charge in [0, 0.05) is 12.3 Å². The Bertz CT molecular complexity index is 836. The van der Waals surface area contributed by atoms with Gasteiger partial charge < -0.3 is 19.9 Å². The molecule has 7 unspecified atom stereocenters. The number of fused-ring (bicyclic) bond motifs is 7. The number of ether oxygens (including phenoxy) is 3. The maximum Gasteiger partial charge on any atom is 0.322 e. The number of esters is 1. The molecule has 2 saturated heterocycles. The van der Waals surface area contributed by atoms with Crippen LogP contribution in [0.4, 0.5) is 0 Å². The summed E-state index contributed by atoms with van der Waals surface area (Å²) in [6, 6.07) is -0.525. The van der Waals surface area contributed by atoms with E-state index in [0.717, 1.165) is 43.6 Å². The molecule has 5 heteroatoms. The fraction of sp³-hybridized carbons (Fsp3) is 0.967. The van der Waals surface area contributed by atoms with Crippen LogP contribution in [0, 0.1) is 52.3 Å². The molecule has 6 fully saturated rings. The van der Waals surface area contributed by atoms with Gasteiger partial charge in [-0.1, -0.05) is 27.7 Å². The summed E-state index contributed by atoms with van der Waals surface area (Å²) in [7, 11) is 0. The zero-order valence-corrected chi connectivity index (χ0v) is 22.8. The number of carbonyl (C=O) groups excluding carboxylic acids is 1. The molecule has 35 heavy (non-hydrogen) atoms. The first-order valence-electron chi connectivity index (χ1n) is 14.9. The third kappa shape index (κ3) is 3.61. The van der Waals surface area contributed by atoms with Crippen molar-refractivity contribution in [2.45, 2.75) is 123 Å². The van der Waals surface area contributed by atoms with Crippen LogP contribution in [0.5, 0.6) is 0 Å². The van der Waals surface area contributed by atoms with Gasteiger partial charge in [0.15, 0.2) is 5.79 Å².